The summed E-state index contributed by atoms with van der Waals surface area (Å²) < 4.78 is 11.4. The summed E-state index contributed by atoms with van der Waals surface area (Å²) in [4.78, 5) is 17.3. The van der Waals surface area contributed by atoms with E-state index in [1.54, 1.807) is 0 Å². The Labute approximate surface area is 170 Å². The van der Waals surface area contributed by atoms with Crippen molar-refractivity contribution in [2.45, 2.75) is 25.3 Å². The summed E-state index contributed by atoms with van der Waals surface area (Å²) in [5, 5.41) is 0.493. The number of halogens is 1. The van der Waals surface area contributed by atoms with Gasteiger partial charge in [-0.2, -0.15) is 0 Å². The lowest BCUT2D eigenvalue weighted by atomic mass is 9.96. The van der Waals surface area contributed by atoms with Gasteiger partial charge >= 0.3 is 0 Å². The standard InChI is InChI=1S/C22H25ClN2O3/c1-24(2)17-13-16-6-3-4-7-19(16)25(14-17)21(26)12-15-10-18(23)22-20(11-15)27-8-5-9-28-22/h3-4,6-7,10-11,17H,5,8-9,12-14H2,1-2H3. The zero-order valence-corrected chi connectivity index (χ0v) is 17.0. The summed E-state index contributed by atoms with van der Waals surface area (Å²) in [6.45, 7) is 1.85. The lowest BCUT2D eigenvalue weighted by Crippen LogP contribution is -2.48. The first-order valence-corrected chi connectivity index (χ1v) is 10.0. The van der Waals surface area contributed by atoms with E-state index < -0.39 is 0 Å². The Morgan fingerprint density at radius 3 is 2.82 bits per heavy atom. The van der Waals surface area contributed by atoms with E-state index in [1.807, 2.05) is 35.2 Å². The van der Waals surface area contributed by atoms with Crippen LogP contribution in [0.4, 0.5) is 5.69 Å². The molecule has 1 unspecified atom stereocenters. The molecule has 148 valence electrons. The molecule has 1 atom stereocenters. The maximum absolute atomic E-state index is 13.2. The quantitative estimate of drug-likeness (QED) is 0.790. The summed E-state index contributed by atoms with van der Waals surface area (Å²) in [6, 6.07) is 12.1. The molecule has 0 spiro atoms. The molecule has 1 amide bonds. The van der Waals surface area contributed by atoms with E-state index >= 15 is 0 Å². The van der Waals surface area contributed by atoms with Gasteiger partial charge in [0.15, 0.2) is 11.5 Å². The van der Waals surface area contributed by atoms with Gasteiger partial charge in [0, 0.05) is 24.7 Å². The van der Waals surface area contributed by atoms with Gasteiger partial charge in [0.1, 0.15) is 0 Å². The number of carbonyl (C=O) groups excluding carboxylic acids is 1. The van der Waals surface area contributed by atoms with Crippen LogP contribution in [0.15, 0.2) is 36.4 Å². The van der Waals surface area contributed by atoms with Gasteiger partial charge in [-0.25, -0.2) is 0 Å². The van der Waals surface area contributed by atoms with Crippen LogP contribution in [0.3, 0.4) is 0 Å². The molecule has 0 aromatic heterocycles. The van der Waals surface area contributed by atoms with Crippen LogP contribution in [-0.2, 0) is 17.6 Å². The third kappa shape index (κ3) is 3.82. The van der Waals surface area contributed by atoms with Crippen molar-refractivity contribution in [2.24, 2.45) is 0 Å². The predicted octanol–water partition coefficient (Wildman–Crippen LogP) is 3.56. The molecule has 0 saturated carbocycles. The molecule has 5 nitrogen and oxygen atoms in total. The van der Waals surface area contributed by atoms with Crippen molar-refractivity contribution in [3.05, 3.63) is 52.5 Å². The van der Waals surface area contributed by atoms with Crippen molar-refractivity contribution in [3.8, 4) is 11.5 Å². The lowest BCUT2D eigenvalue weighted by Gasteiger charge is -2.37. The molecule has 2 aromatic carbocycles. The molecule has 28 heavy (non-hydrogen) atoms. The van der Waals surface area contributed by atoms with Gasteiger partial charge in [-0.05, 0) is 49.8 Å². The highest BCUT2D eigenvalue weighted by molar-refractivity contribution is 6.32. The highest BCUT2D eigenvalue weighted by Crippen LogP contribution is 2.38. The van der Waals surface area contributed by atoms with Gasteiger partial charge in [-0.3, -0.25) is 4.79 Å². The SMILES string of the molecule is CN(C)C1Cc2ccccc2N(C(=O)Cc2cc(Cl)c3c(c2)OCCCO3)C1. The van der Waals surface area contributed by atoms with E-state index in [0.29, 0.717) is 42.3 Å². The zero-order valence-electron chi connectivity index (χ0n) is 16.3. The fourth-order valence-corrected chi connectivity index (χ4v) is 4.10. The minimum Gasteiger partial charge on any atom is -0.489 e. The maximum Gasteiger partial charge on any atom is 0.231 e. The predicted molar refractivity (Wildman–Crippen MR) is 111 cm³/mol. The third-order valence-corrected chi connectivity index (χ3v) is 5.66. The van der Waals surface area contributed by atoms with Crippen molar-refractivity contribution in [1.29, 1.82) is 0 Å². The van der Waals surface area contributed by atoms with Gasteiger partial charge < -0.3 is 19.3 Å². The first-order chi connectivity index (χ1) is 13.5. The van der Waals surface area contributed by atoms with E-state index in [4.69, 9.17) is 21.1 Å². The van der Waals surface area contributed by atoms with Gasteiger partial charge in [-0.15, -0.1) is 0 Å². The number of fused-ring (bicyclic) bond motifs is 2. The highest BCUT2D eigenvalue weighted by atomic mass is 35.5. The molecule has 0 N–H and O–H groups in total. The number of anilines is 1. The maximum atomic E-state index is 13.2. The van der Waals surface area contributed by atoms with E-state index in [0.717, 1.165) is 24.1 Å². The molecule has 2 aliphatic rings. The largest absolute Gasteiger partial charge is 0.489 e. The average molecular weight is 401 g/mol. The van der Waals surface area contributed by atoms with Crippen LogP contribution < -0.4 is 14.4 Å². The molecule has 0 bridgehead atoms. The van der Waals surface area contributed by atoms with E-state index in [-0.39, 0.29) is 12.3 Å². The van der Waals surface area contributed by atoms with Crippen LogP contribution in [0.25, 0.3) is 0 Å². The number of ether oxygens (including phenoxy) is 2. The van der Waals surface area contributed by atoms with E-state index in [1.165, 1.54) is 5.56 Å². The Hall–Kier alpha value is -2.24. The van der Waals surface area contributed by atoms with Crippen LogP contribution in [0.1, 0.15) is 17.5 Å². The Kier molecular flexibility index (Phi) is 5.47. The zero-order chi connectivity index (χ0) is 19.7. The van der Waals surface area contributed by atoms with Gasteiger partial charge in [-0.1, -0.05) is 29.8 Å². The molecular weight excluding hydrogens is 376 g/mol. The molecule has 4 rings (SSSR count). The first kappa shape index (κ1) is 19.1. The monoisotopic (exact) mass is 400 g/mol. The Morgan fingerprint density at radius 1 is 1.21 bits per heavy atom. The summed E-state index contributed by atoms with van der Waals surface area (Å²) in [7, 11) is 4.12. The smallest absolute Gasteiger partial charge is 0.231 e. The molecule has 6 heteroatoms. The number of likely N-dealkylation sites (N-methyl/N-ethyl adjacent to an activating group) is 1. The molecular formula is C22H25ClN2O3. The van der Waals surface area contributed by atoms with E-state index in [9.17, 15) is 4.79 Å². The Morgan fingerprint density at radius 2 is 2.00 bits per heavy atom. The fourth-order valence-electron chi connectivity index (χ4n) is 3.81. The molecule has 0 aliphatic carbocycles. The second-order valence-electron chi connectivity index (χ2n) is 7.59. The number of amides is 1. The summed E-state index contributed by atoms with van der Waals surface area (Å²) in [5.41, 5.74) is 3.05. The van der Waals surface area contributed by atoms with Gasteiger partial charge in [0.2, 0.25) is 5.91 Å². The number of hydrogen-bond acceptors (Lipinski definition) is 4. The second-order valence-corrected chi connectivity index (χ2v) is 7.99. The molecule has 0 fully saturated rings. The fraction of sp³-hybridized carbons (Fsp3) is 0.409. The van der Waals surface area contributed by atoms with Crippen molar-refractivity contribution >= 4 is 23.2 Å². The van der Waals surface area contributed by atoms with Crippen LogP contribution in [0, 0.1) is 0 Å². The summed E-state index contributed by atoms with van der Waals surface area (Å²) in [6.07, 6.45) is 2.03. The number of benzene rings is 2. The molecule has 2 aromatic rings. The minimum atomic E-state index is 0.0598. The van der Waals surface area contributed by atoms with Crippen LogP contribution in [0.5, 0.6) is 11.5 Å². The summed E-state index contributed by atoms with van der Waals surface area (Å²) >= 11 is 6.40. The number of para-hydroxylation sites is 1. The van der Waals surface area contributed by atoms with Gasteiger partial charge in [0.05, 0.1) is 24.7 Å². The highest BCUT2D eigenvalue weighted by Gasteiger charge is 2.29. The Bertz CT molecular complexity index is 884. The lowest BCUT2D eigenvalue weighted by molar-refractivity contribution is -0.118. The van der Waals surface area contributed by atoms with Crippen molar-refractivity contribution in [2.75, 3.05) is 38.8 Å². The molecule has 2 aliphatic heterocycles. The number of rotatable bonds is 3. The third-order valence-electron chi connectivity index (χ3n) is 5.38. The van der Waals surface area contributed by atoms with Crippen molar-refractivity contribution < 1.29 is 14.3 Å². The molecule has 2 heterocycles. The molecule has 0 saturated heterocycles. The first-order valence-electron chi connectivity index (χ1n) is 9.65. The van der Waals surface area contributed by atoms with Crippen LogP contribution >= 0.6 is 11.6 Å². The van der Waals surface area contributed by atoms with E-state index in [2.05, 4.69) is 25.1 Å². The summed E-state index contributed by atoms with van der Waals surface area (Å²) in [5.74, 6) is 1.26. The van der Waals surface area contributed by atoms with Crippen molar-refractivity contribution in [3.63, 3.8) is 0 Å². The molecule has 0 radical (unpaired) electrons. The normalized spacial score (nSPS) is 18.6. The second kappa shape index (κ2) is 8.02. The number of hydrogen-bond donors (Lipinski definition) is 0. The van der Waals surface area contributed by atoms with Crippen LogP contribution in [0.2, 0.25) is 5.02 Å². The van der Waals surface area contributed by atoms with Crippen molar-refractivity contribution in [1.82, 2.24) is 4.90 Å². The van der Waals surface area contributed by atoms with Crippen LogP contribution in [-0.4, -0.2) is 50.7 Å². The number of nitrogens with zero attached hydrogens (tertiary/aromatic N) is 2. The number of carbonyl (C=O) groups is 1. The minimum absolute atomic E-state index is 0.0598. The topological polar surface area (TPSA) is 42.0 Å². The van der Waals surface area contributed by atoms with Gasteiger partial charge in [0.25, 0.3) is 0 Å². The Balaban J connectivity index is 1.60. The average Bonchev–Trinajstić information content (AvgIpc) is 2.93.